The first-order valence-corrected chi connectivity index (χ1v) is 11.5. The van der Waals surface area contributed by atoms with E-state index in [-0.39, 0.29) is 28.5 Å². The molecule has 2 aromatic carbocycles. The molecule has 0 saturated carbocycles. The molecule has 9 heteroatoms. The summed E-state index contributed by atoms with van der Waals surface area (Å²) >= 11 is 3.40. The molecule has 0 aromatic heterocycles. The van der Waals surface area contributed by atoms with E-state index in [1.54, 1.807) is 44.4 Å². The van der Waals surface area contributed by atoms with Gasteiger partial charge in [-0.3, -0.25) is 4.79 Å². The lowest BCUT2D eigenvalue weighted by Crippen LogP contribution is -2.62. The van der Waals surface area contributed by atoms with Crippen LogP contribution in [0.3, 0.4) is 0 Å². The number of rotatable bonds is 7. The lowest BCUT2D eigenvalue weighted by Gasteiger charge is -2.39. The highest BCUT2D eigenvalue weighted by Crippen LogP contribution is 2.36. The molecule has 176 valence electrons. The third-order valence-corrected chi connectivity index (χ3v) is 6.42. The Hall–Kier alpha value is -2.91. The van der Waals surface area contributed by atoms with Crippen molar-refractivity contribution >= 4 is 39.6 Å². The number of hydrogen-bond donors (Lipinski definition) is 1. The summed E-state index contributed by atoms with van der Waals surface area (Å²) in [6, 6.07) is 11.7. The van der Waals surface area contributed by atoms with Crippen molar-refractivity contribution in [3.63, 3.8) is 0 Å². The van der Waals surface area contributed by atoms with Gasteiger partial charge in [0.1, 0.15) is 17.9 Å². The quantitative estimate of drug-likeness (QED) is 0.434. The highest BCUT2D eigenvalue weighted by Gasteiger charge is 2.46. The Labute approximate surface area is 201 Å². The molecule has 0 radical (unpaired) electrons. The Balaban J connectivity index is 1.84. The molecule has 3 rings (SSSR count). The number of ether oxygens (including phenoxy) is 3. The molecule has 2 amide bonds. The predicted octanol–water partition coefficient (Wildman–Crippen LogP) is 4.17. The molecular formula is C24H28BrN2O6+. The number of urea groups is 1. The van der Waals surface area contributed by atoms with Gasteiger partial charge in [-0.05, 0) is 36.8 Å². The van der Waals surface area contributed by atoms with Crippen molar-refractivity contribution < 1.29 is 28.6 Å². The zero-order chi connectivity index (χ0) is 24.0. The van der Waals surface area contributed by atoms with E-state index in [1.807, 2.05) is 12.1 Å². The second kappa shape index (κ2) is 10.8. The number of piperidine rings is 1. The highest BCUT2D eigenvalue weighted by molar-refractivity contribution is 9.10. The average Bonchev–Trinajstić information content (AvgIpc) is 2.82. The summed E-state index contributed by atoms with van der Waals surface area (Å²) < 4.78 is 16.3. The molecule has 1 saturated heterocycles. The maximum absolute atomic E-state index is 13.1. The third-order valence-electron chi connectivity index (χ3n) is 5.93. The summed E-state index contributed by atoms with van der Waals surface area (Å²) in [5.41, 5.74) is 7.38. The molecule has 0 atom stereocenters. The number of nitrogens with two attached hydrogens (primary N) is 1. The Morgan fingerprint density at radius 2 is 1.73 bits per heavy atom. The largest absolute Gasteiger partial charge is 0.497 e. The zero-order valence-corrected chi connectivity index (χ0v) is 20.3. The second-order valence-corrected chi connectivity index (χ2v) is 8.78. The van der Waals surface area contributed by atoms with Crippen LogP contribution < -0.4 is 15.0 Å². The van der Waals surface area contributed by atoms with Crippen molar-refractivity contribution in [1.82, 2.24) is 4.48 Å². The molecule has 8 nitrogen and oxygen atoms in total. The minimum atomic E-state index is -0.580. The topological polar surface area (TPSA) is 105 Å². The number of primary amides is 1. The minimum absolute atomic E-state index is 0.0658. The molecule has 1 fully saturated rings. The Bertz CT molecular complexity index is 1020. The molecule has 1 aliphatic rings. The highest BCUT2D eigenvalue weighted by atomic mass is 79.9. The fraction of sp³-hybridized carbons (Fsp3) is 0.375. The number of quaternary nitrogens is 1. The first-order valence-electron chi connectivity index (χ1n) is 10.7. The van der Waals surface area contributed by atoms with Gasteiger partial charge in [-0.2, -0.15) is 0 Å². The SMILES string of the molecule is CCOC(=O)C1CC[N+](C(N)=O)(c2ccc(Br)cc2C(=O)OCc2ccc(OC)cc2)CC1. The molecule has 0 spiro atoms. The molecule has 2 aromatic rings. The van der Waals surface area contributed by atoms with Gasteiger partial charge in [0.2, 0.25) is 0 Å². The number of methoxy groups -OCH3 is 1. The summed E-state index contributed by atoms with van der Waals surface area (Å²) in [6.07, 6.45) is 0.857. The van der Waals surface area contributed by atoms with Crippen LogP contribution >= 0.6 is 15.9 Å². The number of likely N-dealkylation sites (tertiary alicyclic amines) is 1. The number of halogens is 1. The summed E-state index contributed by atoms with van der Waals surface area (Å²) in [5.74, 6) is -0.418. The molecule has 33 heavy (non-hydrogen) atoms. The summed E-state index contributed by atoms with van der Waals surface area (Å²) in [6.45, 7) is 2.72. The summed E-state index contributed by atoms with van der Waals surface area (Å²) in [4.78, 5) is 37.9. The van der Waals surface area contributed by atoms with Crippen molar-refractivity contribution in [3.05, 3.63) is 58.1 Å². The van der Waals surface area contributed by atoms with Gasteiger partial charge in [-0.1, -0.05) is 28.1 Å². The van der Waals surface area contributed by atoms with Gasteiger partial charge in [0.25, 0.3) is 0 Å². The van der Waals surface area contributed by atoms with Crippen molar-refractivity contribution in [2.24, 2.45) is 11.7 Å². The molecule has 1 aliphatic heterocycles. The smallest absolute Gasteiger partial charge is 0.419 e. The van der Waals surface area contributed by atoms with Crippen molar-refractivity contribution in [2.75, 3.05) is 26.8 Å². The van der Waals surface area contributed by atoms with E-state index in [2.05, 4.69) is 15.9 Å². The van der Waals surface area contributed by atoms with Crippen LogP contribution in [0.1, 0.15) is 35.7 Å². The van der Waals surface area contributed by atoms with Gasteiger partial charge in [0, 0.05) is 23.4 Å². The van der Waals surface area contributed by atoms with Crippen LogP contribution in [-0.2, 0) is 20.9 Å². The lowest BCUT2D eigenvalue weighted by molar-refractivity contribution is -0.149. The monoisotopic (exact) mass is 519 g/mol. The first kappa shape index (κ1) is 24.7. The predicted molar refractivity (Wildman–Crippen MR) is 127 cm³/mol. The average molecular weight is 520 g/mol. The molecule has 2 N–H and O–H groups in total. The van der Waals surface area contributed by atoms with Crippen molar-refractivity contribution in [1.29, 1.82) is 0 Å². The molecule has 0 bridgehead atoms. The Kier molecular flexibility index (Phi) is 8.10. The van der Waals surface area contributed by atoms with E-state index in [1.165, 1.54) is 0 Å². The van der Waals surface area contributed by atoms with Crippen LogP contribution in [0.25, 0.3) is 0 Å². The van der Waals surface area contributed by atoms with Crippen molar-refractivity contribution in [2.45, 2.75) is 26.4 Å². The lowest BCUT2D eigenvalue weighted by atomic mass is 9.93. The number of benzene rings is 2. The van der Waals surface area contributed by atoms with Gasteiger partial charge < -0.3 is 19.9 Å². The van der Waals surface area contributed by atoms with Crippen LogP contribution in [0, 0.1) is 5.92 Å². The maximum atomic E-state index is 13.1. The van der Waals surface area contributed by atoms with Crippen LogP contribution in [0.4, 0.5) is 10.5 Å². The fourth-order valence-corrected chi connectivity index (χ4v) is 4.44. The fourth-order valence-electron chi connectivity index (χ4n) is 4.08. The molecule has 0 aliphatic carbocycles. The van der Waals surface area contributed by atoms with E-state index in [0.717, 1.165) is 5.56 Å². The Morgan fingerprint density at radius 1 is 1.06 bits per heavy atom. The van der Waals surface area contributed by atoms with E-state index in [0.29, 0.717) is 48.4 Å². The molecule has 1 heterocycles. The summed E-state index contributed by atoms with van der Waals surface area (Å²) in [5, 5.41) is 0. The third kappa shape index (κ3) is 5.54. The van der Waals surface area contributed by atoms with Crippen molar-refractivity contribution in [3.8, 4) is 5.75 Å². The first-order chi connectivity index (χ1) is 15.8. The molecular weight excluding hydrogens is 492 g/mol. The normalized spacial score (nSPS) is 20.0. The standard InChI is InChI=1S/C24H27BrN2O6/c1-3-32-22(28)17-10-12-27(13-11-17,24(26)30)21-9-6-18(25)14-20(21)23(29)33-15-16-4-7-19(31-2)8-5-16/h4-9,14,17H,3,10-13,15H2,1-2H3,(H-,26,30)/p+1. The van der Waals surface area contributed by atoms with E-state index in [9.17, 15) is 14.4 Å². The zero-order valence-electron chi connectivity index (χ0n) is 18.7. The van der Waals surface area contributed by atoms with Gasteiger partial charge in [-0.15, -0.1) is 0 Å². The van der Waals surface area contributed by atoms with Crippen LogP contribution in [0.15, 0.2) is 46.9 Å². The van der Waals surface area contributed by atoms with Crippen LogP contribution in [0.5, 0.6) is 5.75 Å². The van der Waals surface area contributed by atoms with E-state index >= 15 is 0 Å². The number of esters is 2. The number of carbonyl (C=O) groups excluding carboxylic acids is 3. The number of nitrogens with zero attached hydrogens (tertiary/aromatic N) is 1. The van der Waals surface area contributed by atoms with Gasteiger partial charge >= 0.3 is 18.0 Å². The van der Waals surface area contributed by atoms with E-state index < -0.39 is 12.0 Å². The number of carbonyl (C=O) groups is 3. The van der Waals surface area contributed by atoms with Gasteiger partial charge in [0.05, 0.1) is 32.7 Å². The van der Waals surface area contributed by atoms with Crippen LogP contribution in [0.2, 0.25) is 0 Å². The summed E-state index contributed by atoms with van der Waals surface area (Å²) in [7, 11) is 1.58. The Morgan fingerprint density at radius 3 is 2.30 bits per heavy atom. The van der Waals surface area contributed by atoms with Gasteiger partial charge in [-0.25, -0.2) is 14.1 Å². The number of hydrogen-bond acceptors (Lipinski definition) is 6. The van der Waals surface area contributed by atoms with E-state index in [4.69, 9.17) is 19.9 Å². The van der Waals surface area contributed by atoms with Gasteiger partial charge in [0.15, 0.2) is 5.69 Å². The second-order valence-electron chi connectivity index (χ2n) is 7.87. The minimum Gasteiger partial charge on any atom is -0.497 e. The maximum Gasteiger partial charge on any atom is 0.419 e. The van der Waals surface area contributed by atoms with Crippen LogP contribution in [-0.4, -0.2) is 44.8 Å². The molecule has 0 unspecified atom stereocenters. The number of amides is 2.